The van der Waals surface area contributed by atoms with Gasteiger partial charge in [-0.05, 0) is 28.7 Å². The Hall–Kier alpha value is -1.09. The molecule has 5 nitrogen and oxygen atoms in total. The van der Waals surface area contributed by atoms with Gasteiger partial charge in [-0.1, -0.05) is 6.07 Å². The Bertz CT molecular complexity index is 733. The molecule has 7 heteroatoms. The van der Waals surface area contributed by atoms with Crippen LogP contribution in [0.2, 0.25) is 0 Å². The maximum atomic E-state index is 11.9. The lowest BCUT2D eigenvalue weighted by Crippen LogP contribution is -2.10. The summed E-state index contributed by atoms with van der Waals surface area (Å²) in [6.07, 6.45) is 2.77. The van der Waals surface area contributed by atoms with Gasteiger partial charge in [0, 0.05) is 21.4 Å². The van der Waals surface area contributed by atoms with E-state index in [0.717, 1.165) is 15.2 Å². The number of rotatable bonds is 2. The van der Waals surface area contributed by atoms with Gasteiger partial charge in [-0.25, -0.2) is 13.2 Å². The molecule has 2 aromatic rings. The highest BCUT2D eigenvalue weighted by molar-refractivity contribution is 14.1. The molecule has 0 aliphatic heterocycles. The molecule has 0 bridgehead atoms. The summed E-state index contributed by atoms with van der Waals surface area (Å²) in [7, 11) is -2.32. The minimum absolute atomic E-state index is 0.0187. The molecule has 0 aliphatic carbocycles. The van der Waals surface area contributed by atoms with Crippen LogP contribution in [0.1, 0.15) is 10.4 Å². The average molecular weight is 379 g/mol. The SMILES string of the molecule is COC(=O)c1ccc2c(I)c[nH]c2c1S(C)(=O)=O. The number of nitrogens with one attached hydrogen (secondary N) is 1. The number of H-pyrrole nitrogens is 1. The first-order valence-electron chi connectivity index (χ1n) is 4.94. The second kappa shape index (κ2) is 4.54. The summed E-state index contributed by atoms with van der Waals surface area (Å²) in [5, 5.41) is 0.767. The second-order valence-electron chi connectivity index (χ2n) is 3.77. The van der Waals surface area contributed by atoms with E-state index in [9.17, 15) is 13.2 Å². The number of carbonyl (C=O) groups excluding carboxylic acids is 1. The van der Waals surface area contributed by atoms with Gasteiger partial charge in [-0.15, -0.1) is 0 Å². The van der Waals surface area contributed by atoms with Crippen molar-refractivity contribution < 1.29 is 17.9 Å². The fourth-order valence-electron chi connectivity index (χ4n) is 1.79. The van der Waals surface area contributed by atoms with Crippen LogP contribution in [0.5, 0.6) is 0 Å². The molecule has 2 rings (SSSR count). The van der Waals surface area contributed by atoms with E-state index in [-0.39, 0.29) is 10.5 Å². The van der Waals surface area contributed by atoms with Crippen LogP contribution in [-0.4, -0.2) is 32.7 Å². The summed E-state index contributed by atoms with van der Waals surface area (Å²) in [4.78, 5) is 14.5. The number of aromatic amines is 1. The number of hydrogen-bond acceptors (Lipinski definition) is 4. The van der Waals surface area contributed by atoms with E-state index < -0.39 is 15.8 Å². The summed E-state index contributed by atoms with van der Waals surface area (Å²) in [5.41, 5.74) is 0.482. The third-order valence-corrected chi connectivity index (χ3v) is 4.59. The number of halogens is 1. The van der Waals surface area contributed by atoms with Crippen LogP contribution in [0.3, 0.4) is 0 Å². The smallest absolute Gasteiger partial charge is 0.339 e. The molecule has 18 heavy (non-hydrogen) atoms. The highest BCUT2D eigenvalue weighted by Gasteiger charge is 2.23. The fraction of sp³-hybridized carbons (Fsp3) is 0.182. The molecular weight excluding hydrogens is 369 g/mol. The number of aromatic nitrogens is 1. The van der Waals surface area contributed by atoms with E-state index in [1.165, 1.54) is 13.2 Å². The van der Waals surface area contributed by atoms with Crippen molar-refractivity contribution in [2.45, 2.75) is 4.90 Å². The lowest BCUT2D eigenvalue weighted by atomic mass is 10.1. The number of sulfone groups is 1. The minimum Gasteiger partial charge on any atom is -0.465 e. The molecular formula is C11H10INO4S. The number of ether oxygens (including phenoxy) is 1. The van der Waals surface area contributed by atoms with Crippen molar-refractivity contribution in [3.63, 3.8) is 0 Å². The van der Waals surface area contributed by atoms with Gasteiger partial charge in [0.25, 0.3) is 0 Å². The van der Waals surface area contributed by atoms with Crippen LogP contribution in [-0.2, 0) is 14.6 Å². The minimum atomic E-state index is -3.54. The fourth-order valence-corrected chi connectivity index (χ4v) is 3.49. The first kappa shape index (κ1) is 13.3. The van der Waals surface area contributed by atoms with Gasteiger partial charge < -0.3 is 9.72 Å². The van der Waals surface area contributed by atoms with Crippen LogP contribution in [0.25, 0.3) is 10.9 Å². The number of benzene rings is 1. The van der Waals surface area contributed by atoms with Crippen molar-refractivity contribution in [3.05, 3.63) is 27.5 Å². The molecule has 1 aromatic carbocycles. The molecule has 0 radical (unpaired) electrons. The van der Waals surface area contributed by atoms with Crippen molar-refractivity contribution in [1.82, 2.24) is 4.98 Å². The summed E-state index contributed by atoms with van der Waals surface area (Å²) in [6.45, 7) is 0. The van der Waals surface area contributed by atoms with Gasteiger partial charge >= 0.3 is 5.97 Å². The maximum absolute atomic E-state index is 11.9. The number of hydrogen-bond donors (Lipinski definition) is 1. The van der Waals surface area contributed by atoms with E-state index >= 15 is 0 Å². The molecule has 1 aromatic heterocycles. The van der Waals surface area contributed by atoms with Crippen molar-refractivity contribution in [2.75, 3.05) is 13.4 Å². The molecule has 0 amide bonds. The average Bonchev–Trinajstić information content (AvgIpc) is 2.67. The van der Waals surface area contributed by atoms with E-state index in [4.69, 9.17) is 0 Å². The normalized spacial score (nSPS) is 11.7. The van der Waals surface area contributed by atoms with Crippen LogP contribution in [0.4, 0.5) is 0 Å². The van der Waals surface area contributed by atoms with Gasteiger partial charge in [-0.3, -0.25) is 0 Å². The van der Waals surface area contributed by atoms with Gasteiger partial charge in [0.1, 0.15) is 4.90 Å². The maximum Gasteiger partial charge on any atom is 0.339 e. The van der Waals surface area contributed by atoms with E-state index in [1.54, 1.807) is 12.3 Å². The molecule has 1 heterocycles. The number of carbonyl (C=O) groups is 1. The zero-order valence-electron chi connectivity index (χ0n) is 9.65. The topological polar surface area (TPSA) is 76.2 Å². The van der Waals surface area contributed by atoms with Gasteiger partial charge in [0.2, 0.25) is 0 Å². The Morgan fingerprint density at radius 3 is 2.61 bits per heavy atom. The highest BCUT2D eigenvalue weighted by Crippen LogP contribution is 2.29. The van der Waals surface area contributed by atoms with Crippen LogP contribution in [0, 0.1) is 3.57 Å². The van der Waals surface area contributed by atoms with Crippen LogP contribution < -0.4 is 0 Å². The Kier molecular flexibility index (Phi) is 3.37. The Morgan fingerprint density at radius 1 is 1.39 bits per heavy atom. The van der Waals surface area contributed by atoms with Crippen LogP contribution >= 0.6 is 22.6 Å². The summed E-state index contributed by atoms with van der Waals surface area (Å²) in [5.74, 6) is -0.665. The Morgan fingerprint density at radius 2 is 2.06 bits per heavy atom. The summed E-state index contributed by atoms with van der Waals surface area (Å²) < 4.78 is 29.2. The zero-order valence-corrected chi connectivity index (χ0v) is 12.6. The van der Waals surface area contributed by atoms with Gasteiger partial charge in [0.15, 0.2) is 9.84 Å². The molecule has 0 aliphatic rings. The summed E-state index contributed by atoms with van der Waals surface area (Å²) >= 11 is 2.09. The number of esters is 1. The number of methoxy groups -OCH3 is 1. The molecule has 0 fully saturated rings. The lowest BCUT2D eigenvalue weighted by molar-refractivity contribution is 0.0596. The van der Waals surface area contributed by atoms with E-state index in [1.807, 2.05) is 0 Å². The first-order chi connectivity index (χ1) is 8.36. The van der Waals surface area contributed by atoms with Gasteiger partial charge in [0.05, 0.1) is 18.2 Å². The predicted molar refractivity (Wildman–Crippen MR) is 75.5 cm³/mol. The van der Waals surface area contributed by atoms with Crippen LogP contribution in [0.15, 0.2) is 23.2 Å². The zero-order chi connectivity index (χ0) is 13.5. The molecule has 96 valence electrons. The van der Waals surface area contributed by atoms with Gasteiger partial charge in [-0.2, -0.15) is 0 Å². The lowest BCUT2D eigenvalue weighted by Gasteiger charge is -2.07. The molecule has 0 saturated carbocycles. The Balaban J connectivity index is 2.93. The predicted octanol–water partition coefficient (Wildman–Crippen LogP) is 1.96. The molecule has 0 saturated heterocycles. The second-order valence-corrected chi connectivity index (χ2v) is 6.88. The molecule has 0 atom stereocenters. The van der Waals surface area contributed by atoms with Crippen molar-refractivity contribution in [2.24, 2.45) is 0 Å². The quantitative estimate of drug-likeness (QED) is 0.640. The van der Waals surface area contributed by atoms with E-state index in [0.29, 0.717) is 5.52 Å². The Labute approximate surface area is 118 Å². The van der Waals surface area contributed by atoms with E-state index in [2.05, 4.69) is 32.3 Å². The largest absolute Gasteiger partial charge is 0.465 e. The third kappa shape index (κ3) is 2.12. The van der Waals surface area contributed by atoms with Crippen molar-refractivity contribution in [1.29, 1.82) is 0 Å². The summed E-state index contributed by atoms with van der Waals surface area (Å²) in [6, 6.07) is 3.18. The standard InChI is InChI=1S/C11H10INO4S/c1-17-11(14)7-4-3-6-8(12)5-13-9(6)10(7)18(2,15)16/h3-5,13H,1-2H3. The molecule has 0 unspecified atom stereocenters. The van der Waals surface area contributed by atoms with Crippen molar-refractivity contribution in [3.8, 4) is 0 Å². The number of fused-ring (bicyclic) bond motifs is 1. The van der Waals surface area contributed by atoms with Crippen molar-refractivity contribution >= 4 is 49.3 Å². The highest BCUT2D eigenvalue weighted by atomic mass is 127. The first-order valence-corrected chi connectivity index (χ1v) is 7.91. The monoisotopic (exact) mass is 379 g/mol. The third-order valence-electron chi connectivity index (χ3n) is 2.53. The molecule has 1 N–H and O–H groups in total. The molecule has 0 spiro atoms.